The van der Waals surface area contributed by atoms with Gasteiger partial charge < -0.3 is 26.2 Å². The van der Waals surface area contributed by atoms with E-state index in [4.69, 9.17) is 10.2 Å². The fourth-order valence-electron chi connectivity index (χ4n) is 1.02. The number of carbonyl (C=O) groups is 3. The maximum absolute atomic E-state index is 11.3. The van der Waals surface area contributed by atoms with Gasteiger partial charge in [0.2, 0.25) is 5.91 Å². The third-order valence-electron chi connectivity index (χ3n) is 1.71. The van der Waals surface area contributed by atoms with Crippen LogP contribution < -0.4 is 16.0 Å². The molecule has 104 valence electrons. The van der Waals surface area contributed by atoms with Crippen LogP contribution >= 0.6 is 0 Å². The van der Waals surface area contributed by atoms with Crippen molar-refractivity contribution in [1.82, 2.24) is 16.0 Å². The number of hydrogen-bond donors (Lipinski definition) is 5. The number of carbonyl (C=O) groups excluding carboxylic acids is 2. The smallest absolute Gasteiger partial charge is 0.328 e. The quantitative estimate of drug-likeness (QED) is 0.418. The molecule has 0 radical (unpaired) electrons. The first-order valence-electron chi connectivity index (χ1n) is 5.34. The summed E-state index contributed by atoms with van der Waals surface area (Å²) in [6.45, 7) is 4.36. The molecule has 8 nitrogen and oxygen atoms in total. The predicted octanol–water partition coefficient (Wildman–Crippen LogP) is -1.35. The van der Waals surface area contributed by atoms with Gasteiger partial charge in [-0.05, 0) is 20.8 Å². The predicted molar refractivity (Wildman–Crippen MR) is 62.9 cm³/mol. The molecule has 0 heterocycles. The molecule has 1 atom stereocenters. The van der Waals surface area contributed by atoms with Crippen molar-refractivity contribution in [3.63, 3.8) is 0 Å². The number of urea groups is 1. The third-order valence-corrected chi connectivity index (χ3v) is 1.71. The summed E-state index contributed by atoms with van der Waals surface area (Å²) in [6.07, 6.45) is 0. The summed E-state index contributed by atoms with van der Waals surface area (Å²) in [5, 5.41) is 24.1. The topological polar surface area (TPSA) is 128 Å². The van der Waals surface area contributed by atoms with E-state index in [2.05, 4.69) is 10.6 Å². The number of aliphatic carboxylic acids is 1. The van der Waals surface area contributed by atoms with E-state index < -0.39 is 36.1 Å². The summed E-state index contributed by atoms with van der Waals surface area (Å²) in [5.74, 6) is -1.75. The minimum Gasteiger partial charge on any atom is -0.480 e. The standard InChI is InChI=1S/C10H19N3O5/c1-10(2,3)13-7(15)4-11-9(18)12-6(5-14)8(16)17/h6,14H,4-5H2,1-3H3,(H,13,15)(H,16,17)(H2,11,12,18)/t6-/m0/s1. The maximum Gasteiger partial charge on any atom is 0.328 e. The second-order valence-electron chi connectivity index (χ2n) is 4.70. The maximum atomic E-state index is 11.3. The molecule has 18 heavy (non-hydrogen) atoms. The normalized spacial score (nSPS) is 12.4. The van der Waals surface area contributed by atoms with Crippen molar-refractivity contribution in [1.29, 1.82) is 0 Å². The highest BCUT2D eigenvalue weighted by Crippen LogP contribution is 1.97. The summed E-state index contributed by atoms with van der Waals surface area (Å²) in [5.41, 5.74) is -0.413. The molecule has 0 aliphatic heterocycles. The van der Waals surface area contributed by atoms with E-state index in [9.17, 15) is 14.4 Å². The highest BCUT2D eigenvalue weighted by molar-refractivity contribution is 5.86. The molecule has 0 rings (SSSR count). The van der Waals surface area contributed by atoms with Gasteiger partial charge in [0.15, 0.2) is 6.04 Å². The first-order chi connectivity index (χ1) is 8.15. The van der Waals surface area contributed by atoms with Crippen molar-refractivity contribution in [2.75, 3.05) is 13.2 Å². The number of aliphatic hydroxyl groups excluding tert-OH is 1. The molecule has 8 heteroatoms. The number of carboxylic acid groups (broad SMARTS) is 1. The van der Waals surface area contributed by atoms with Crippen molar-refractivity contribution in [2.24, 2.45) is 0 Å². The summed E-state index contributed by atoms with van der Waals surface area (Å²) in [6, 6.07) is -2.23. The molecule has 0 aliphatic carbocycles. The van der Waals surface area contributed by atoms with Crippen LogP contribution in [0.15, 0.2) is 0 Å². The molecule has 0 aromatic heterocycles. The van der Waals surface area contributed by atoms with Gasteiger partial charge in [0.05, 0.1) is 13.2 Å². The molecule has 0 bridgehead atoms. The number of rotatable bonds is 5. The Hall–Kier alpha value is -1.83. The zero-order chi connectivity index (χ0) is 14.3. The van der Waals surface area contributed by atoms with Crippen LogP contribution in [0.4, 0.5) is 4.79 Å². The Morgan fingerprint density at radius 3 is 2.17 bits per heavy atom. The molecule has 0 spiro atoms. The van der Waals surface area contributed by atoms with E-state index in [0.717, 1.165) is 0 Å². The number of nitrogens with one attached hydrogen (secondary N) is 3. The van der Waals surface area contributed by atoms with E-state index in [1.165, 1.54) is 0 Å². The SMILES string of the molecule is CC(C)(C)NC(=O)CNC(=O)N[C@@H](CO)C(=O)O. The van der Waals surface area contributed by atoms with Gasteiger partial charge in [-0.15, -0.1) is 0 Å². The van der Waals surface area contributed by atoms with Crippen molar-refractivity contribution in [2.45, 2.75) is 32.4 Å². The van der Waals surface area contributed by atoms with E-state index in [1.807, 2.05) is 5.32 Å². The fourth-order valence-corrected chi connectivity index (χ4v) is 1.02. The van der Waals surface area contributed by atoms with Gasteiger partial charge in [0.25, 0.3) is 0 Å². The Morgan fingerprint density at radius 2 is 1.78 bits per heavy atom. The van der Waals surface area contributed by atoms with Crippen LogP contribution in [-0.2, 0) is 9.59 Å². The molecule has 0 fully saturated rings. The monoisotopic (exact) mass is 261 g/mol. The van der Waals surface area contributed by atoms with Gasteiger partial charge in [-0.25, -0.2) is 9.59 Å². The summed E-state index contributed by atoms with van der Waals surface area (Å²) >= 11 is 0. The lowest BCUT2D eigenvalue weighted by molar-refractivity contribution is -0.140. The fraction of sp³-hybridized carbons (Fsp3) is 0.700. The van der Waals surface area contributed by atoms with Crippen LogP contribution in [0, 0.1) is 0 Å². The van der Waals surface area contributed by atoms with E-state index in [0.29, 0.717) is 0 Å². The van der Waals surface area contributed by atoms with E-state index >= 15 is 0 Å². The Balaban J connectivity index is 4.04. The third kappa shape index (κ3) is 7.44. The van der Waals surface area contributed by atoms with Crippen molar-refractivity contribution >= 4 is 17.9 Å². The molecule has 0 saturated carbocycles. The van der Waals surface area contributed by atoms with Crippen molar-refractivity contribution in [3.05, 3.63) is 0 Å². The zero-order valence-corrected chi connectivity index (χ0v) is 10.6. The Morgan fingerprint density at radius 1 is 1.22 bits per heavy atom. The molecule has 0 aromatic rings. The number of amides is 3. The number of carboxylic acids is 1. The number of hydrogen-bond acceptors (Lipinski definition) is 4. The van der Waals surface area contributed by atoms with Crippen LogP contribution in [0.2, 0.25) is 0 Å². The van der Waals surface area contributed by atoms with Gasteiger partial charge in [0, 0.05) is 5.54 Å². The van der Waals surface area contributed by atoms with Gasteiger partial charge in [-0.2, -0.15) is 0 Å². The van der Waals surface area contributed by atoms with E-state index in [1.54, 1.807) is 20.8 Å². The Labute approximate surface area is 105 Å². The molecule has 0 aliphatic rings. The minimum atomic E-state index is -1.39. The van der Waals surface area contributed by atoms with Crippen molar-refractivity contribution < 1.29 is 24.6 Å². The lowest BCUT2D eigenvalue weighted by Gasteiger charge is -2.20. The summed E-state index contributed by atoms with van der Waals surface area (Å²) in [7, 11) is 0. The van der Waals surface area contributed by atoms with Crippen LogP contribution in [-0.4, -0.2) is 52.9 Å². The van der Waals surface area contributed by atoms with Crippen LogP contribution in [0.1, 0.15) is 20.8 Å². The Kier molecular flexibility index (Phi) is 6.11. The van der Waals surface area contributed by atoms with Crippen molar-refractivity contribution in [3.8, 4) is 0 Å². The number of aliphatic hydroxyl groups is 1. The largest absolute Gasteiger partial charge is 0.480 e. The first kappa shape index (κ1) is 16.2. The highest BCUT2D eigenvalue weighted by Gasteiger charge is 2.19. The summed E-state index contributed by atoms with van der Waals surface area (Å²) < 4.78 is 0. The second kappa shape index (κ2) is 6.80. The minimum absolute atomic E-state index is 0.277. The molecular formula is C10H19N3O5. The van der Waals surface area contributed by atoms with Gasteiger partial charge in [-0.1, -0.05) is 0 Å². The van der Waals surface area contributed by atoms with Crippen LogP contribution in [0.3, 0.4) is 0 Å². The molecule has 3 amide bonds. The highest BCUT2D eigenvalue weighted by atomic mass is 16.4. The van der Waals surface area contributed by atoms with E-state index in [-0.39, 0.29) is 6.54 Å². The zero-order valence-electron chi connectivity index (χ0n) is 10.6. The van der Waals surface area contributed by atoms with Gasteiger partial charge in [-0.3, -0.25) is 4.79 Å². The average molecular weight is 261 g/mol. The van der Waals surface area contributed by atoms with Gasteiger partial charge >= 0.3 is 12.0 Å². The first-order valence-corrected chi connectivity index (χ1v) is 5.34. The lowest BCUT2D eigenvalue weighted by atomic mass is 10.1. The van der Waals surface area contributed by atoms with Crippen LogP contribution in [0.5, 0.6) is 0 Å². The second-order valence-corrected chi connectivity index (χ2v) is 4.70. The summed E-state index contributed by atoms with van der Waals surface area (Å²) in [4.78, 5) is 33.1. The molecule has 0 unspecified atom stereocenters. The van der Waals surface area contributed by atoms with Gasteiger partial charge in [0.1, 0.15) is 0 Å². The molecule has 5 N–H and O–H groups in total. The lowest BCUT2D eigenvalue weighted by Crippen LogP contribution is -2.51. The molecule has 0 aromatic carbocycles. The van der Waals surface area contributed by atoms with Crippen LogP contribution in [0.25, 0.3) is 0 Å². The molecule has 0 saturated heterocycles. The average Bonchev–Trinajstić information content (AvgIpc) is 2.20. The molecular weight excluding hydrogens is 242 g/mol. The Bertz CT molecular complexity index is 324.